The Bertz CT molecular complexity index is 1050. The van der Waals surface area contributed by atoms with E-state index in [-0.39, 0.29) is 0 Å². The number of anilines is 1. The Balaban J connectivity index is 1.46. The fourth-order valence-corrected chi connectivity index (χ4v) is 2.65. The average molecular weight is 422 g/mol. The van der Waals surface area contributed by atoms with Crippen LogP contribution in [0.4, 0.5) is 5.69 Å². The number of amides is 2. The Morgan fingerprint density at radius 1 is 1.00 bits per heavy atom. The Morgan fingerprint density at radius 3 is 2.43 bits per heavy atom. The van der Waals surface area contributed by atoms with Crippen molar-refractivity contribution in [1.82, 2.24) is 5.43 Å². The zero-order valence-electron chi connectivity index (χ0n) is 16.3. The molecule has 0 atom stereocenters. The summed E-state index contributed by atoms with van der Waals surface area (Å²) in [4.78, 5) is 23.7. The molecule has 0 spiro atoms. The number of carbonyl (C=O) groups is 2. The third-order valence-corrected chi connectivity index (χ3v) is 4.31. The zero-order valence-corrected chi connectivity index (χ0v) is 17.0. The van der Waals surface area contributed by atoms with E-state index < -0.39 is 11.8 Å². The molecule has 6 nitrogen and oxygen atoms in total. The molecular formula is C23H20ClN3O3. The van der Waals surface area contributed by atoms with Crippen molar-refractivity contribution in [2.24, 2.45) is 5.10 Å². The number of benzene rings is 3. The summed E-state index contributed by atoms with van der Waals surface area (Å²) in [5, 5.41) is 7.02. The fraction of sp³-hybridized carbons (Fsp3) is 0.0870. The second-order valence-electron chi connectivity index (χ2n) is 6.51. The van der Waals surface area contributed by atoms with E-state index in [4.69, 9.17) is 16.3 Å². The molecule has 3 aromatic carbocycles. The van der Waals surface area contributed by atoms with Crippen LogP contribution in [-0.4, -0.2) is 18.0 Å². The maximum atomic E-state index is 11.9. The number of aryl methyl sites for hydroxylation is 1. The van der Waals surface area contributed by atoms with Crippen LogP contribution in [0.1, 0.15) is 16.7 Å². The first-order chi connectivity index (χ1) is 14.5. The van der Waals surface area contributed by atoms with Gasteiger partial charge >= 0.3 is 11.8 Å². The van der Waals surface area contributed by atoms with Crippen molar-refractivity contribution in [2.75, 3.05) is 5.32 Å². The number of nitrogens with zero attached hydrogens (tertiary/aromatic N) is 1. The fourth-order valence-electron chi connectivity index (χ4n) is 2.52. The summed E-state index contributed by atoms with van der Waals surface area (Å²) in [6, 6.07) is 21.8. The molecule has 152 valence electrons. The lowest BCUT2D eigenvalue weighted by Crippen LogP contribution is -2.32. The molecule has 0 heterocycles. The maximum absolute atomic E-state index is 11.9. The van der Waals surface area contributed by atoms with Crippen LogP contribution < -0.4 is 15.5 Å². The van der Waals surface area contributed by atoms with Crippen LogP contribution in [0.15, 0.2) is 77.9 Å². The predicted molar refractivity (Wildman–Crippen MR) is 118 cm³/mol. The van der Waals surface area contributed by atoms with Crippen LogP contribution in [0.2, 0.25) is 5.02 Å². The SMILES string of the molecule is Cc1cccc(NC(=O)C(=O)NN=Cc2ccc(OCc3ccc(Cl)cc3)cc2)c1. The van der Waals surface area contributed by atoms with Crippen LogP contribution in [0.5, 0.6) is 5.75 Å². The molecule has 0 unspecified atom stereocenters. The molecule has 3 rings (SSSR count). The Kier molecular flexibility index (Phi) is 7.19. The molecule has 0 fully saturated rings. The van der Waals surface area contributed by atoms with Gasteiger partial charge in [0, 0.05) is 10.7 Å². The first kappa shape index (κ1) is 21.1. The minimum absolute atomic E-state index is 0.427. The summed E-state index contributed by atoms with van der Waals surface area (Å²) < 4.78 is 5.72. The van der Waals surface area contributed by atoms with Crippen LogP contribution in [0.3, 0.4) is 0 Å². The summed E-state index contributed by atoms with van der Waals surface area (Å²) in [5.74, 6) is -0.942. The molecule has 0 radical (unpaired) electrons. The molecule has 0 aliphatic rings. The number of nitrogens with one attached hydrogen (secondary N) is 2. The molecule has 0 bridgehead atoms. The van der Waals surface area contributed by atoms with Crippen LogP contribution >= 0.6 is 11.6 Å². The second kappa shape index (κ2) is 10.2. The number of hydrogen-bond acceptors (Lipinski definition) is 4. The van der Waals surface area contributed by atoms with Gasteiger partial charge in [0.15, 0.2) is 0 Å². The molecule has 0 aliphatic heterocycles. The number of rotatable bonds is 6. The van der Waals surface area contributed by atoms with Crippen molar-refractivity contribution >= 4 is 35.3 Å². The third-order valence-electron chi connectivity index (χ3n) is 4.06. The molecule has 0 aliphatic carbocycles. The molecule has 0 aromatic heterocycles. The topological polar surface area (TPSA) is 79.8 Å². The molecule has 7 heteroatoms. The summed E-state index contributed by atoms with van der Waals surface area (Å²) >= 11 is 5.87. The standard InChI is InChI=1S/C23H20ClN3O3/c1-16-3-2-4-20(13-16)26-22(28)23(29)27-25-14-17-7-11-21(12-8-17)30-15-18-5-9-19(24)10-6-18/h2-14H,15H2,1H3,(H,26,28)(H,27,29). The molecule has 0 saturated heterocycles. The van der Waals surface area contributed by atoms with Crippen LogP contribution in [-0.2, 0) is 16.2 Å². The number of hydrazone groups is 1. The third kappa shape index (κ3) is 6.46. The highest BCUT2D eigenvalue weighted by Gasteiger charge is 2.12. The van der Waals surface area contributed by atoms with E-state index in [0.29, 0.717) is 23.1 Å². The zero-order chi connectivity index (χ0) is 21.3. The smallest absolute Gasteiger partial charge is 0.329 e. The summed E-state index contributed by atoms with van der Waals surface area (Å²) in [7, 11) is 0. The van der Waals surface area contributed by atoms with Gasteiger partial charge in [0.25, 0.3) is 0 Å². The van der Waals surface area contributed by atoms with E-state index in [0.717, 1.165) is 16.7 Å². The largest absolute Gasteiger partial charge is 0.489 e. The summed E-state index contributed by atoms with van der Waals surface area (Å²) in [5.41, 5.74) is 5.49. The van der Waals surface area contributed by atoms with E-state index in [1.54, 1.807) is 42.5 Å². The molecule has 0 saturated carbocycles. The van der Waals surface area contributed by atoms with Crippen molar-refractivity contribution in [3.05, 3.63) is 94.5 Å². The average Bonchev–Trinajstić information content (AvgIpc) is 2.74. The predicted octanol–water partition coefficient (Wildman–Crippen LogP) is 4.32. The van der Waals surface area contributed by atoms with Gasteiger partial charge < -0.3 is 10.1 Å². The van der Waals surface area contributed by atoms with Gasteiger partial charge in [-0.25, -0.2) is 5.43 Å². The molecule has 30 heavy (non-hydrogen) atoms. The highest BCUT2D eigenvalue weighted by Crippen LogP contribution is 2.15. The van der Waals surface area contributed by atoms with Crippen molar-refractivity contribution in [2.45, 2.75) is 13.5 Å². The number of ether oxygens (including phenoxy) is 1. The first-order valence-corrected chi connectivity index (χ1v) is 9.56. The Hall–Kier alpha value is -3.64. The quantitative estimate of drug-likeness (QED) is 0.353. The highest BCUT2D eigenvalue weighted by atomic mass is 35.5. The molecule has 2 N–H and O–H groups in total. The van der Waals surface area contributed by atoms with Crippen molar-refractivity contribution in [3.8, 4) is 5.75 Å². The van der Waals surface area contributed by atoms with Gasteiger partial charge in [-0.05, 0) is 72.1 Å². The van der Waals surface area contributed by atoms with Crippen LogP contribution in [0, 0.1) is 6.92 Å². The van der Waals surface area contributed by atoms with E-state index in [1.165, 1.54) is 6.21 Å². The van der Waals surface area contributed by atoms with E-state index in [2.05, 4.69) is 15.8 Å². The normalized spacial score (nSPS) is 10.6. The summed E-state index contributed by atoms with van der Waals surface area (Å²) in [6.07, 6.45) is 1.45. The van der Waals surface area contributed by atoms with Crippen LogP contribution in [0.25, 0.3) is 0 Å². The number of carbonyl (C=O) groups excluding carboxylic acids is 2. The molecule has 3 aromatic rings. The lowest BCUT2D eigenvalue weighted by molar-refractivity contribution is -0.136. The first-order valence-electron chi connectivity index (χ1n) is 9.18. The van der Waals surface area contributed by atoms with E-state index in [9.17, 15) is 9.59 Å². The highest BCUT2D eigenvalue weighted by molar-refractivity contribution is 6.39. The van der Waals surface area contributed by atoms with Gasteiger partial charge in [-0.15, -0.1) is 0 Å². The van der Waals surface area contributed by atoms with Crippen molar-refractivity contribution in [3.63, 3.8) is 0 Å². The van der Waals surface area contributed by atoms with Gasteiger partial charge in [-0.1, -0.05) is 35.9 Å². The molecular weight excluding hydrogens is 402 g/mol. The monoisotopic (exact) mass is 421 g/mol. The van der Waals surface area contributed by atoms with Gasteiger partial charge in [-0.3, -0.25) is 9.59 Å². The lowest BCUT2D eigenvalue weighted by Gasteiger charge is -2.06. The molecule has 2 amide bonds. The minimum Gasteiger partial charge on any atom is -0.489 e. The van der Waals surface area contributed by atoms with Gasteiger partial charge in [0.05, 0.1) is 6.21 Å². The Morgan fingerprint density at radius 2 is 1.73 bits per heavy atom. The van der Waals surface area contributed by atoms with Crippen molar-refractivity contribution in [1.29, 1.82) is 0 Å². The summed E-state index contributed by atoms with van der Waals surface area (Å²) in [6.45, 7) is 2.32. The van der Waals surface area contributed by atoms with E-state index >= 15 is 0 Å². The number of hydrogen-bond donors (Lipinski definition) is 2. The maximum Gasteiger partial charge on any atom is 0.329 e. The minimum atomic E-state index is -0.851. The number of halogens is 1. The van der Waals surface area contributed by atoms with Gasteiger partial charge in [-0.2, -0.15) is 5.10 Å². The lowest BCUT2D eigenvalue weighted by atomic mass is 10.2. The van der Waals surface area contributed by atoms with Crippen molar-refractivity contribution < 1.29 is 14.3 Å². The second-order valence-corrected chi connectivity index (χ2v) is 6.94. The van der Waals surface area contributed by atoms with Gasteiger partial charge in [0.2, 0.25) is 0 Å². The van der Waals surface area contributed by atoms with E-state index in [1.807, 2.05) is 37.3 Å². The van der Waals surface area contributed by atoms with Gasteiger partial charge in [0.1, 0.15) is 12.4 Å². The Labute approximate surface area is 179 Å².